The Hall–Kier alpha value is -1.53. The third kappa shape index (κ3) is 4.25. The maximum Gasteiger partial charge on any atom is 0.234 e. The zero-order valence-electron chi connectivity index (χ0n) is 11.3. The quantitative estimate of drug-likeness (QED) is 0.828. The summed E-state index contributed by atoms with van der Waals surface area (Å²) in [5.74, 6) is -1.24. The molecule has 2 rings (SSSR count). The Morgan fingerprint density at radius 1 is 1.25 bits per heavy atom. The van der Waals surface area contributed by atoms with Crippen molar-refractivity contribution in [2.45, 2.75) is 6.42 Å². The molecule has 1 aliphatic heterocycles. The predicted octanol–water partition coefficient (Wildman–Crippen LogP) is 0.529. The highest BCUT2D eigenvalue weighted by Gasteiger charge is 2.13. The molecule has 1 aliphatic rings. The van der Waals surface area contributed by atoms with Gasteiger partial charge in [0.25, 0.3) is 0 Å². The Kier molecular flexibility index (Phi) is 5.43. The smallest absolute Gasteiger partial charge is 0.234 e. The molecule has 0 radical (unpaired) electrons. The van der Waals surface area contributed by atoms with Gasteiger partial charge >= 0.3 is 0 Å². The van der Waals surface area contributed by atoms with E-state index in [9.17, 15) is 13.6 Å². The number of benzene rings is 1. The van der Waals surface area contributed by atoms with Crippen molar-refractivity contribution in [3.63, 3.8) is 0 Å². The summed E-state index contributed by atoms with van der Waals surface area (Å²) in [6, 6.07) is 3.78. The van der Waals surface area contributed by atoms with Gasteiger partial charge in [-0.1, -0.05) is 6.07 Å². The number of rotatable bonds is 5. The van der Waals surface area contributed by atoms with Gasteiger partial charge in [-0.15, -0.1) is 0 Å². The van der Waals surface area contributed by atoms with E-state index in [1.165, 1.54) is 18.2 Å². The Bertz CT molecular complexity index is 441. The second-order valence-corrected chi connectivity index (χ2v) is 4.83. The summed E-state index contributed by atoms with van der Waals surface area (Å²) >= 11 is 0. The SMILES string of the molecule is O=C(CN1CCNCC1)NCCc1c(F)cccc1F. The second-order valence-electron chi connectivity index (χ2n) is 4.83. The van der Waals surface area contributed by atoms with E-state index in [0.717, 1.165) is 26.2 Å². The zero-order valence-corrected chi connectivity index (χ0v) is 11.3. The van der Waals surface area contributed by atoms with Gasteiger partial charge in [-0.2, -0.15) is 0 Å². The number of halogens is 2. The Morgan fingerprint density at radius 2 is 1.90 bits per heavy atom. The highest BCUT2D eigenvalue weighted by atomic mass is 19.1. The van der Waals surface area contributed by atoms with Crippen molar-refractivity contribution in [2.24, 2.45) is 0 Å². The van der Waals surface area contributed by atoms with Crippen molar-refractivity contribution in [3.05, 3.63) is 35.4 Å². The van der Waals surface area contributed by atoms with Gasteiger partial charge in [-0.05, 0) is 18.6 Å². The van der Waals surface area contributed by atoms with Crippen molar-refractivity contribution >= 4 is 5.91 Å². The molecule has 110 valence electrons. The molecule has 0 bridgehead atoms. The molecule has 6 heteroatoms. The molecular weight excluding hydrogens is 264 g/mol. The molecule has 0 spiro atoms. The normalized spacial score (nSPS) is 16.1. The summed E-state index contributed by atoms with van der Waals surface area (Å²) in [4.78, 5) is 13.8. The molecule has 4 nitrogen and oxygen atoms in total. The minimum atomic E-state index is -0.568. The van der Waals surface area contributed by atoms with Gasteiger partial charge in [0, 0.05) is 38.3 Å². The Labute approximate surface area is 117 Å². The molecule has 1 fully saturated rings. The van der Waals surface area contributed by atoms with Crippen molar-refractivity contribution in [1.29, 1.82) is 0 Å². The molecule has 20 heavy (non-hydrogen) atoms. The van der Waals surface area contributed by atoms with E-state index in [4.69, 9.17) is 0 Å². The summed E-state index contributed by atoms with van der Waals surface area (Å²) < 4.78 is 26.8. The van der Waals surface area contributed by atoms with Crippen LogP contribution in [0.5, 0.6) is 0 Å². The summed E-state index contributed by atoms with van der Waals surface area (Å²) in [5, 5.41) is 5.91. The minimum absolute atomic E-state index is 0.0231. The molecule has 0 saturated carbocycles. The second kappa shape index (κ2) is 7.31. The molecule has 0 aliphatic carbocycles. The maximum atomic E-state index is 13.4. The van der Waals surface area contributed by atoms with E-state index in [1.54, 1.807) is 0 Å². The lowest BCUT2D eigenvalue weighted by molar-refractivity contribution is -0.122. The fourth-order valence-electron chi connectivity index (χ4n) is 2.23. The Morgan fingerprint density at radius 3 is 2.55 bits per heavy atom. The summed E-state index contributed by atoms with van der Waals surface area (Å²) in [6.07, 6.45) is 0.159. The lowest BCUT2D eigenvalue weighted by Gasteiger charge is -2.26. The third-order valence-corrected chi connectivity index (χ3v) is 3.34. The number of carbonyl (C=O) groups excluding carboxylic acids is 1. The number of hydrogen-bond donors (Lipinski definition) is 2. The van der Waals surface area contributed by atoms with Crippen LogP contribution in [0.1, 0.15) is 5.56 Å². The predicted molar refractivity (Wildman–Crippen MR) is 72.4 cm³/mol. The first kappa shape index (κ1) is 14.9. The first-order valence-electron chi connectivity index (χ1n) is 6.79. The Balaban J connectivity index is 1.73. The first-order chi connectivity index (χ1) is 9.66. The summed E-state index contributed by atoms with van der Waals surface area (Å²) in [6.45, 7) is 4.02. The van der Waals surface area contributed by atoms with Crippen LogP contribution >= 0.6 is 0 Å². The average molecular weight is 283 g/mol. The van der Waals surface area contributed by atoms with Crippen LogP contribution in [-0.2, 0) is 11.2 Å². The fraction of sp³-hybridized carbons (Fsp3) is 0.500. The van der Waals surface area contributed by atoms with Crippen LogP contribution in [0.15, 0.2) is 18.2 Å². The molecule has 1 aromatic carbocycles. The summed E-state index contributed by atoms with van der Waals surface area (Å²) in [7, 11) is 0. The molecule has 0 atom stereocenters. The van der Waals surface area contributed by atoms with E-state index >= 15 is 0 Å². The van der Waals surface area contributed by atoms with Crippen LogP contribution < -0.4 is 10.6 Å². The van der Waals surface area contributed by atoms with Gasteiger partial charge in [-0.25, -0.2) is 8.78 Å². The van der Waals surface area contributed by atoms with E-state index in [-0.39, 0.29) is 24.4 Å². The molecule has 0 aromatic heterocycles. The number of amides is 1. The standard InChI is InChI=1S/C14H19F2N3O/c15-12-2-1-3-13(16)11(12)4-5-18-14(20)10-19-8-6-17-7-9-19/h1-3,17H,4-10H2,(H,18,20). The summed E-state index contributed by atoms with van der Waals surface area (Å²) in [5.41, 5.74) is 0.0231. The molecule has 1 heterocycles. The van der Waals surface area contributed by atoms with Gasteiger partial charge < -0.3 is 10.6 Å². The lowest BCUT2D eigenvalue weighted by Crippen LogP contribution is -2.47. The largest absolute Gasteiger partial charge is 0.355 e. The lowest BCUT2D eigenvalue weighted by atomic mass is 10.1. The monoisotopic (exact) mass is 283 g/mol. The van der Waals surface area contributed by atoms with Gasteiger partial charge in [0.05, 0.1) is 6.54 Å². The maximum absolute atomic E-state index is 13.4. The number of nitrogens with zero attached hydrogens (tertiary/aromatic N) is 1. The van der Waals surface area contributed by atoms with Crippen molar-refractivity contribution < 1.29 is 13.6 Å². The average Bonchev–Trinajstić information content (AvgIpc) is 2.43. The van der Waals surface area contributed by atoms with Gasteiger partial charge in [0.1, 0.15) is 11.6 Å². The van der Waals surface area contributed by atoms with Crippen molar-refractivity contribution in [1.82, 2.24) is 15.5 Å². The fourth-order valence-corrected chi connectivity index (χ4v) is 2.23. The molecule has 1 amide bonds. The number of nitrogens with one attached hydrogen (secondary N) is 2. The number of carbonyl (C=O) groups is 1. The molecule has 1 aromatic rings. The molecule has 0 unspecified atom stereocenters. The van der Waals surface area contributed by atoms with Crippen LogP contribution in [0.3, 0.4) is 0 Å². The minimum Gasteiger partial charge on any atom is -0.355 e. The molecule has 1 saturated heterocycles. The van der Waals surface area contributed by atoms with Gasteiger partial charge in [-0.3, -0.25) is 9.69 Å². The number of piperazine rings is 1. The highest BCUT2D eigenvalue weighted by Crippen LogP contribution is 2.11. The molecule has 2 N–H and O–H groups in total. The number of hydrogen-bond acceptors (Lipinski definition) is 3. The van der Waals surface area contributed by atoms with E-state index in [2.05, 4.69) is 15.5 Å². The third-order valence-electron chi connectivity index (χ3n) is 3.34. The van der Waals surface area contributed by atoms with Gasteiger partial charge in [0.15, 0.2) is 0 Å². The van der Waals surface area contributed by atoms with Crippen LogP contribution in [0.4, 0.5) is 8.78 Å². The van der Waals surface area contributed by atoms with Crippen molar-refractivity contribution in [2.75, 3.05) is 39.3 Å². The van der Waals surface area contributed by atoms with E-state index in [1.807, 2.05) is 0 Å². The topological polar surface area (TPSA) is 44.4 Å². The van der Waals surface area contributed by atoms with Crippen LogP contribution in [0.2, 0.25) is 0 Å². The van der Waals surface area contributed by atoms with Crippen LogP contribution in [0.25, 0.3) is 0 Å². The van der Waals surface area contributed by atoms with Gasteiger partial charge in [0.2, 0.25) is 5.91 Å². The van der Waals surface area contributed by atoms with Crippen molar-refractivity contribution in [3.8, 4) is 0 Å². The van der Waals surface area contributed by atoms with Crippen LogP contribution in [-0.4, -0.2) is 50.1 Å². The van der Waals surface area contributed by atoms with E-state index < -0.39 is 11.6 Å². The molecular formula is C14H19F2N3O. The van der Waals surface area contributed by atoms with Crippen LogP contribution in [0, 0.1) is 11.6 Å². The first-order valence-corrected chi connectivity index (χ1v) is 6.79. The van der Waals surface area contributed by atoms with E-state index in [0.29, 0.717) is 6.54 Å². The zero-order chi connectivity index (χ0) is 14.4. The highest BCUT2D eigenvalue weighted by molar-refractivity contribution is 5.78.